The number of ether oxygens (including phenoxy) is 1. The molecular weight excluding hydrogens is 258 g/mol. The van der Waals surface area contributed by atoms with Crippen LogP contribution in [-0.2, 0) is 14.3 Å². The van der Waals surface area contributed by atoms with Crippen LogP contribution in [-0.4, -0.2) is 47.7 Å². The Labute approximate surface area is 119 Å². The van der Waals surface area contributed by atoms with E-state index in [1.54, 1.807) is 4.90 Å². The van der Waals surface area contributed by atoms with Gasteiger partial charge in [0.2, 0.25) is 5.91 Å². The lowest BCUT2D eigenvalue weighted by molar-refractivity contribution is -0.146. The van der Waals surface area contributed by atoms with Crippen LogP contribution in [0.4, 0.5) is 0 Å². The highest BCUT2D eigenvalue weighted by molar-refractivity contribution is 5.81. The van der Waals surface area contributed by atoms with E-state index < -0.39 is 11.9 Å². The first-order valence-corrected chi connectivity index (χ1v) is 7.72. The summed E-state index contributed by atoms with van der Waals surface area (Å²) in [5.41, 5.74) is 0. The number of carboxylic acids is 1. The van der Waals surface area contributed by atoms with Gasteiger partial charge in [0.05, 0.1) is 19.3 Å². The van der Waals surface area contributed by atoms with E-state index >= 15 is 0 Å². The van der Waals surface area contributed by atoms with Crippen molar-refractivity contribution in [2.75, 3.05) is 19.8 Å². The van der Waals surface area contributed by atoms with Crippen molar-refractivity contribution < 1.29 is 19.4 Å². The van der Waals surface area contributed by atoms with Gasteiger partial charge >= 0.3 is 5.97 Å². The number of carbonyl (C=O) groups is 2. The fraction of sp³-hybridized carbons (Fsp3) is 0.867. The lowest BCUT2D eigenvalue weighted by Gasteiger charge is -2.32. The van der Waals surface area contributed by atoms with E-state index in [4.69, 9.17) is 4.74 Å². The Morgan fingerprint density at radius 3 is 2.50 bits per heavy atom. The predicted octanol–water partition coefficient (Wildman–Crippen LogP) is 1.37. The molecule has 2 saturated carbocycles. The van der Waals surface area contributed by atoms with Crippen LogP contribution in [0.1, 0.15) is 32.6 Å². The third-order valence-corrected chi connectivity index (χ3v) is 5.11. The van der Waals surface area contributed by atoms with Gasteiger partial charge in [-0.05, 0) is 37.5 Å². The molecule has 112 valence electrons. The molecule has 0 aromatic carbocycles. The van der Waals surface area contributed by atoms with Gasteiger partial charge in [0.15, 0.2) is 0 Å². The zero-order chi connectivity index (χ0) is 14.3. The molecule has 5 heteroatoms. The summed E-state index contributed by atoms with van der Waals surface area (Å²) in [4.78, 5) is 25.8. The minimum absolute atomic E-state index is 0.125. The Balaban J connectivity index is 1.70. The maximum Gasteiger partial charge on any atom is 0.311 e. The summed E-state index contributed by atoms with van der Waals surface area (Å²) in [6.45, 7) is 3.26. The predicted molar refractivity (Wildman–Crippen MR) is 72.1 cm³/mol. The lowest BCUT2D eigenvalue weighted by Crippen LogP contribution is -2.49. The molecule has 20 heavy (non-hydrogen) atoms. The summed E-state index contributed by atoms with van der Waals surface area (Å²) in [5.74, 6) is 0.406. The van der Waals surface area contributed by atoms with Crippen molar-refractivity contribution in [3.63, 3.8) is 0 Å². The molecule has 0 radical (unpaired) electrons. The minimum atomic E-state index is -0.851. The van der Waals surface area contributed by atoms with Crippen molar-refractivity contribution in [1.82, 2.24) is 4.90 Å². The van der Waals surface area contributed by atoms with Crippen LogP contribution in [0.25, 0.3) is 0 Å². The van der Waals surface area contributed by atoms with Crippen LogP contribution in [0.3, 0.4) is 0 Å². The molecule has 5 nitrogen and oxygen atoms in total. The number of hydrogen-bond donors (Lipinski definition) is 1. The van der Waals surface area contributed by atoms with E-state index in [1.807, 2.05) is 6.92 Å². The van der Waals surface area contributed by atoms with E-state index in [0.29, 0.717) is 13.2 Å². The average Bonchev–Trinajstić information content (AvgIpc) is 2.87. The standard InChI is InChI=1S/C15H23NO4/c1-2-3-16(13-8-20-7-12(13)15(18)19)14(17)11-5-9-4-10(9)6-11/h9-13H,2-8H2,1H3,(H,18,19). The highest BCUT2D eigenvalue weighted by atomic mass is 16.5. The minimum Gasteiger partial charge on any atom is -0.481 e. The summed E-state index contributed by atoms with van der Waals surface area (Å²) >= 11 is 0. The van der Waals surface area contributed by atoms with Gasteiger partial charge in [-0.25, -0.2) is 0 Å². The maximum atomic E-state index is 12.7. The monoisotopic (exact) mass is 281 g/mol. The Bertz CT molecular complexity index is 401. The Morgan fingerprint density at radius 2 is 1.90 bits per heavy atom. The highest BCUT2D eigenvalue weighted by Crippen LogP contribution is 2.54. The second-order valence-corrected chi connectivity index (χ2v) is 6.51. The fourth-order valence-corrected chi connectivity index (χ4v) is 3.92. The average molecular weight is 281 g/mol. The van der Waals surface area contributed by atoms with Gasteiger partial charge in [-0.2, -0.15) is 0 Å². The van der Waals surface area contributed by atoms with Gasteiger partial charge in [-0.1, -0.05) is 6.92 Å². The van der Waals surface area contributed by atoms with Crippen LogP contribution in [0.2, 0.25) is 0 Å². The van der Waals surface area contributed by atoms with Gasteiger partial charge in [-0.15, -0.1) is 0 Å². The molecule has 0 spiro atoms. The first kappa shape index (κ1) is 13.9. The van der Waals surface area contributed by atoms with E-state index in [9.17, 15) is 14.7 Å². The van der Waals surface area contributed by atoms with Crippen molar-refractivity contribution in [2.45, 2.75) is 38.6 Å². The smallest absolute Gasteiger partial charge is 0.311 e. The normalized spacial score (nSPS) is 38.5. The Hall–Kier alpha value is -1.10. The number of rotatable bonds is 5. The van der Waals surface area contributed by atoms with Crippen LogP contribution in [0.5, 0.6) is 0 Å². The molecule has 1 heterocycles. The van der Waals surface area contributed by atoms with Crippen LogP contribution in [0.15, 0.2) is 0 Å². The van der Waals surface area contributed by atoms with E-state index in [0.717, 1.165) is 31.1 Å². The van der Waals surface area contributed by atoms with Crippen LogP contribution >= 0.6 is 0 Å². The fourth-order valence-electron chi connectivity index (χ4n) is 3.92. The molecule has 3 rings (SSSR count). The summed E-state index contributed by atoms with van der Waals surface area (Å²) in [7, 11) is 0. The second-order valence-electron chi connectivity index (χ2n) is 6.51. The van der Waals surface area contributed by atoms with E-state index in [1.165, 1.54) is 6.42 Å². The zero-order valence-corrected chi connectivity index (χ0v) is 12.0. The zero-order valence-electron chi connectivity index (χ0n) is 12.0. The summed E-state index contributed by atoms with van der Waals surface area (Å²) in [6.07, 6.45) is 4.17. The molecule has 1 saturated heterocycles. The van der Waals surface area contributed by atoms with Crippen LogP contribution in [0, 0.1) is 23.7 Å². The molecule has 4 atom stereocenters. The van der Waals surface area contributed by atoms with Gasteiger partial charge in [-0.3, -0.25) is 9.59 Å². The molecule has 3 fully saturated rings. The van der Waals surface area contributed by atoms with E-state index in [-0.39, 0.29) is 24.5 Å². The number of carbonyl (C=O) groups excluding carboxylic acids is 1. The van der Waals surface area contributed by atoms with Gasteiger partial charge in [0, 0.05) is 12.5 Å². The number of hydrogen-bond acceptors (Lipinski definition) is 3. The second kappa shape index (κ2) is 5.35. The molecule has 1 aliphatic heterocycles. The van der Waals surface area contributed by atoms with Crippen molar-refractivity contribution in [3.8, 4) is 0 Å². The van der Waals surface area contributed by atoms with Crippen LogP contribution < -0.4 is 0 Å². The van der Waals surface area contributed by atoms with Crippen molar-refractivity contribution >= 4 is 11.9 Å². The summed E-state index contributed by atoms with van der Waals surface area (Å²) < 4.78 is 5.33. The number of aliphatic carboxylic acids is 1. The number of nitrogens with zero attached hydrogens (tertiary/aromatic N) is 1. The summed E-state index contributed by atoms with van der Waals surface area (Å²) in [6, 6.07) is -0.281. The molecule has 1 amide bonds. The maximum absolute atomic E-state index is 12.7. The first-order chi connectivity index (χ1) is 9.61. The Morgan fingerprint density at radius 1 is 1.20 bits per heavy atom. The SMILES string of the molecule is CCCN(C(=O)C1CC2CC2C1)C1COCC1C(=O)O. The quantitative estimate of drug-likeness (QED) is 0.826. The molecule has 4 unspecified atom stereocenters. The van der Waals surface area contributed by atoms with E-state index in [2.05, 4.69) is 0 Å². The number of carboxylic acid groups (broad SMARTS) is 1. The van der Waals surface area contributed by atoms with Gasteiger partial charge in [0.25, 0.3) is 0 Å². The summed E-state index contributed by atoms with van der Waals surface area (Å²) in [5, 5.41) is 9.28. The van der Waals surface area contributed by atoms with Crippen molar-refractivity contribution in [2.24, 2.45) is 23.7 Å². The molecule has 1 N–H and O–H groups in total. The molecular formula is C15H23NO4. The molecule has 0 aromatic heterocycles. The van der Waals surface area contributed by atoms with Crippen molar-refractivity contribution in [3.05, 3.63) is 0 Å². The van der Waals surface area contributed by atoms with Gasteiger partial charge < -0.3 is 14.7 Å². The number of fused-ring (bicyclic) bond motifs is 1. The third-order valence-electron chi connectivity index (χ3n) is 5.11. The molecule has 0 aromatic rings. The lowest BCUT2D eigenvalue weighted by atomic mass is 9.97. The molecule has 2 aliphatic carbocycles. The van der Waals surface area contributed by atoms with Gasteiger partial charge in [0.1, 0.15) is 5.92 Å². The topological polar surface area (TPSA) is 66.8 Å². The largest absolute Gasteiger partial charge is 0.481 e. The molecule has 3 aliphatic rings. The first-order valence-electron chi connectivity index (χ1n) is 7.72. The Kier molecular flexibility index (Phi) is 3.71. The highest BCUT2D eigenvalue weighted by Gasteiger charge is 2.50. The molecule has 0 bridgehead atoms. The third kappa shape index (κ3) is 2.43. The van der Waals surface area contributed by atoms with Crippen molar-refractivity contribution in [1.29, 1.82) is 0 Å². The number of amides is 1.